The van der Waals surface area contributed by atoms with Gasteiger partial charge < -0.3 is 19.6 Å². The minimum atomic E-state index is -0.945. The third-order valence-corrected chi connectivity index (χ3v) is 4.84. The fraction of sp³-hybridized carbons (Fsp3) is 0.136. The fourth-order valence-corrected chi connectivity index (χ4v) is 3.30. The van der Waals surface area contributed by atoms with Crippen LogP contribution in [-0.4, -0.2) is 64.0 Å². The summed E-state index contributed by atoms with van der Waals surface area (Å²) < 4.78 is 9.70. The number of ether oxygens (including phenoxy) is 2. The molecule has 0 saturated heterocycles. The molecule has 2 heterocycles. The number of H-pyrrole nitrogens is 1. The maximum Gasteiger partial charge on any atom is 0.345 e. The highest BCUT2D eigenvalue weighted by molar-refractivity contribution is 6.22. The lowest BCUT2D eigenvalue weighted by atomic mass is 10.1. The number of para-hydroxylation sites is 2. The Bertz CT molecular complexity index is 1220. The van der Waals surface area contributed by atoms with E-state index in [4.69, 9.17) is 9.47 Å². The summed E-state index contributed by atoms with van der Waals surface area (Å²) >= 11 is 0. The maximum atomic E-state index is 12.4. The number of aliphatic hydroxyl groups is 1. The van der Waals surface area contributed by atoms with Crippen LogP contribution in [0.4, 0.5) is 0 Å². The summed E-state index contributed by atoms with van der Waals surface area (Å²) in [5.74, 6) is -3.63. The normalized spacial score (nSPS) is 13.7. The Kier molecular flexibility index (Phi) is 5.42. The summed E-state index contributed by atoms with van der Waals surface area (Å²) in [5, 5.41) is 10.4. The summed E-state index contributed by atoms with van der Waals surface area (Å²) in [6.45, 7) is -1.33. The SMILES string of the molecule is COC(=O)C(=C(O)COC(=O)CN1C(=O)c2ccccc2C1=O)c1nc2ccccc2[nH]1. The average molecular weight is 435 g/mol. The minimum absolute atomic E-state index is 0.0342. The van der Waals surface area contributed by atoms with Gasteiger partial charge in [0.15, 0.2) is 0 Å². The molecule has 4 rings (SSSR count). The number of esters is 2. The summed E-state index contributed by atoms with van der Waals surface area (Å²) in [6, 6.07) is 13.2. The molecule has 2 N–H and O–H groups in total. The van der Waals surface area contributed by atoms with Gasteiger partial charge in [-0.1, -0.05) is 24.3 Å². The van der Waals surface area contributed by atoms with Crippen molar-refractivity contribution in [2.75, 3.05) is 20.3 Å². The van der Waals surface area contributed by atoms with Crippen molar-refractivity contribution in [3.05, 3.63) is 71.2 Å². The maximum absolute atomic E-state index is 12.4. The average Bonchev–Trinajstić information content (AvgIpc) is 3.32. The molecule has 2 amide bonds. The third-order valence-electron chi connectivity index (χ3n) is 4.84. The van der Waals surface area contributed by atoms with E-state index in [1.165, 1.54) is 12.1 Å². The third kappa shape index (κ3) is 3.69. The zero-order valence-electron chi connectivity index (χ0n) is 16.8. The molecule has 0 fully saturated rings. The number of methoxy groups -OCH3 is 1. The van der Waals surface area contributed by atoms with Crippen molar-refractivity contribution in [1.29, 1.82) is 0 Å². The molecule has 3 aromatic rings. The Labute approximate surface area is 181 Å². The van der Waals surface area contributed by atoms with Gasteiger partial charge in [0, 0.05) is 0 Å². The lowest BCUT2D eigenvalue weighted by Crippen LogP contribution is -2.36. The molecule has 0 atom stereocenters. The summed E-state index contributed by atoms with van der Waals surface area (Å²) in [7, 11) is 1.13. The second-order valence-corrected chi connectivity index (χ2v) is 6.82. The first-order valence-corrected chi connectivity index (χ1v) is 9.47. The Balaban J connectivity index is 1.49. The molecule has 32 heavy (non-hydrogen) atoms. The number of imide groups is 1. The Morgan fingerprint density at radius 1 is 1.03 bits per heavy atom. The predicted octanol–water partition coefficient (Wildman–Crippen LogP) is 1.84. The van der Waals surface area contributed by atoms with Gasteiger partial charge in [-0.15, -0.1) is 0 Å². The molecule has 10 nitrogen and oxygen atoms in total. The smallest absolute Gasteiger partial charge is 0.345 e. The van der Waals surface area contributed by atoms with E-state index in [2.05, 4.69) is 9.97 Å². The second kappa shape index (κ2) is 8.34. The Morgan fingerprint density at radius 2 is 1.66 bits per heavy atom. The number of amides is 2. The lowest BCUT2D eigenvalue weighted by Gasteiger charge is -2.13. The highest BCUT2D eigenvalue weighted by Crippen LogP contribution is 2.23. The van der Waals surface area contributed by atoms with E-state index >= 15 is 0 Å². The fourth-order valence-electron chi connectivity index (χ4n) is 3.30. The number of carbonyl (C=O) groups is 4. The molecular weight excluding hydrogens is 418 g/mol. The first kappa shape index (κ1) is 20.8. The number of aromatic amines is 1. The van der Waals surface area contributed by atoms with Gasteiger partial charge in [0.1, 0.15) is 30.3 Å². The van der Waals surface area contributed by atoms with E-state index in [9.17, 15) is 24.3 Å². The number of nitrogens with zero attached hydrogens (tertiary/aromatic N) is 2. The number of rotatable bonds is 6. The molecule has 0 bridgehead atoms. The molecular formula is C22H17N3O7. The van der Waals surface area contributed by atoms with Crippen LogP contribution in [0.1, 0.15) is 26.5 Å². The van der Waals surface area contributed by atoms with Crippen LogP contribution in [0.5, 0.6) is 0 Å². The number of hydrogen-bond acceptors (Lipinski definition) is 8. The van der Waals surface area contributed by atoms with E-state index in [-0.39, 0.29) is 22.5 Å². The van der Waals surface area contributed by atoms with Crippen molar-refractivity contribution in [1.82, 2.24) is 14.9 Å². The largest absolute Gasteiger partial charge is 0.508 e. The van der Waals surface area contributed by atoms with E-state index < -0.39 is 42.7 Å². The zero-order valence-corrected chi connectivity index (χ0v) is 16.8. The molecule has 0 spiro atoms. The van der Waals surface area contributed by atoms with E-state index in [0.29, 0.717) is 11.0 Å². The molecule has 162 valence electrons. The second-order valence-electron chi connectivity index (χ2n) is 6.82. The van der Waals surface area contributed by atoms with Crippen LogP contribution in [0.25, 0.3) is 16.6 Å². The minimum Gasteiger partial charge on any atom is -0.508 e. The van der Waals surface area contributed by atoms with E-state index in [0.717, 1.165) is 12.0 Å². The molecule has 0 saturated carbocycles. The Hall–Kier alpha value is -4.47. The van der Waals surface area contributed by atoms with Gasteiger partial charge in [-0.05, 0) is 24.3 Å². The number of aliphatic hydroxyl groups excluding tert-OH is 1. The van der Waals surface area contributed by atoms with Gasteiger partial charge >= 0.3 is 11.9 Å². The highest BCUT2D eigenvalue weighted by Gasteiger charge is 2.36. The zero-order chi connectivity index (χ0) is 22.8. The number of nitrogens with one attached hydrogen (secondary N) is 1. The monoisotopic (exact) mass is 435 g/mol. The molecule has 0 radical (unpaired) electrons. The first-order valence-electron chi connectivity index (χ1n) is 9.47. The van der Waals surface area contributed by atoms with Crippen molar-refractivity contribution in [2.45, 2.75) is 0 Å². The van der Waals surface area contributed by atoms with Crippen LogP contribution in [0, 0.1) is 0 Å². The van der Waals surface area contributed by atoms with Gasteiger partial charge in [0.2, 0.25) is 0 Å². The first-order chi connectivity index (χ1) is 15.4. The van der Waals surface area contributed by atoms with Crippen LogP contribution < -0.4 is 0 Å². The number of benzene rings is 2. The summed E-state index contributed by atoms with van der Waals surface area (Å²) in [5.41, 5.74) is 1.27. The van der Waals surface area contributed by atoms with Crippen LogP contribution in [-0.2, 0) is 19.1 Å². The van der Waals surface area contributed by atoms with Crippen LogP contribution in [0.15, 0.2) is 54.3 Å². The van der Waals surface area contributed by atoms with Crippen molar-refractivity contribution in [3.63, 3.8) is 0 Å². The summed E-state index contributed by atoms with van der Waals surface area (Å²) in [6.07, 6.45) is 0. The van der Waals surface area contributed by atoms with Crippen LogP contribution >= 0.6 is 0 Å². The molecule has 1 aliphatic rings. The van der Waals surface area contributed by atoms with Crippen molar-refractivity contribution in [2.24, 2.45) is 0 Å². The van der Waals surface area contributed by atoms with Gasteiger partial charge in [-0.25, -0.2) is 9.78 Å². The van der Waals surface area contributed by atoms with Gasteiger partial charge in [-0.3, -0.25) is 19.3 Å². The number of carbonyl (C=O) groups excluding carboxylic acids is 4. The van der Waals surface area contributed by atoms with Crippen molar-refractivity contribution < 1.29 is 33.8 Å². The van der Waals surface area contributed by atoms with Crippen molar-refractivity contribution >= 4 is 40.4 Å². The Morgan fingerprint density at radius 3 is 2.28 bits per heavy atom. The number of aromatic nitrogens is 2. The standard InChI is InChI=1S/C22H17N3O7/c1-31-22(30)18(19-23-14-8-4-5-9-15(14)24-19)16(26)11-32-17(27)10-25-20(28)12-6-2-3-7-13(12)21(25)29/h2-9,26H,10-11H2,1H3,(H,23,24). The highest BCUT2D eigenvalue weighted by atomic mass is 16.5. The quantitative estimate of drug-likeness (QED) is 0.259. The van der Waals surface area contributed by atoms with Gasteiger partial charge in [0.05, 0.1) is 29.3 Å². The molecule has 0 aliphatic carbocycles. The molecule has 0 unspecified atom stereocenters. The predicted molar refractivity (Wildman–Crippen MR) is 110 cm³/mol. The van der Waals surface area contributed by atoms with Gasteiger partial charge in [0.25, 0.3) is 11.8 Å². The molecule has 10 heteroatoms. The molecule has 1 aromatic heterocycles. The topological polar surface area (TPSA) is 139 Å². The number of fused-ring (bicyclic) bond motifs is 2. The van der Waals surface area contributed by atoms with Gasteiger partial charge in [-0.2, -0.15) is 0 Å². The van der Waals surface area contributed by atoms with Crippen LogP contribution in [0.3, 0.4) is 0 Å². The van der Waals surface area contributed by atoms with Crippen molar-refractivity contribution in [3.8, 4) is 0 Å². The number of hydrogen-bond donors (Lipinski definition) is 2. The lowest BCUT2D eigenvalue weighted by molar-refractivity contribution is -0.144. The van der Waals surface area contributed by atoms with Crippen LogP contribution in [0.2, 0.25) is 0 Å². The van der Waals surface area contributed by atoms with E-state index in [1.807, 2.05) is 0 Å². The van der Waals surface area contributed by atoms with E-state index in [1.54, 1.807) is 36.4 Å². The molecule has 1 aliphatic heterocycles. The number of imidazole rings is 1. The summed E-state index contributed by atoms with van der Waals surface area (Å²) in [4.78, 5) is 57.1. The molecule has 2 aromatic carbocycles.